The largest absolute Gasteiger partial charge is 0.437 e. The maximum Gasteiger partial charge on any atom is 0.437 e. The van der Waals surface area contributed by atoms with Crippen molar-refractivity contribution in [2.24, 2.45) is 5.73 Å². The number of nitrogens with two attached hydrogens (primary N) is 1. The molecule has 0 fully saturated rings. The van der Waals surface area contributed by atoms with Crippen molar-refractivity contribution in [1.82, 2.24) is 14.7 Å². The minimum Gasteiger partial charge on any atom is -0.388 e. The average Bonchev–Trinajstić information content (AvgIpc) is 2.80. The van der Waals surface area contributed by atoms with Crippen LogP contribution in [0.2, 0.25) is 0 Å². The Morgan fingerprint density at radius 3 is 2.62 bits per heavy atom. The molecule has 0 bridgehead atoms. The zero-order valence-electron chi connectivity index (χ0n) is 11.4. The molecule has 110 valence electrons. The molecule has 2 rings (SSSR count). The van der Waals surface area contributed by atoms with Gasteiger partial charge in [0.25, 0.3) is 0 Å². The van der Waals surface area contributed by atoms with Crippen LogP contribution < -0.4 is 11.5 Å². The van der Waals surface area contributed by atoms with E-state index in [1.54, 1.807) is 24.3 Å². The molecule has 2 amide bonds. The Bertz CT molecular complexity index is 704. The predicted octanol–water partition coefficient (Wildman–Crippen LogP) is -0.553. The minimum atomic E-state index is -0.741. The Balaban J connectivity index is 2.15. The van der Waals surface area contributed by atoms with Crippen LogP contribution in [-0.2, 0) is 16.1 Å². The molecular weight excluding hydrogens is 276 g/mol. The summed E-state index contributed by atoms with van der Waals surface area (Å²) >= 11 is 0. The first-order valence-corrected chi connectivity index (χ1v) is 6.13. The van der Waals surface area contributed by atoms with Gasteiger partial charge in [0.1, 0.15) is 6.54 Å². The molecule has 1 heterocycles. The predicted molar refractivity (Wildman–Crippen MR) is 73.0 cm³/mol. The lowest BCUT2D eigenvalue weighted by atomic mass is 10.2. The highest BCUT2D eigenvalue weighted by atomic mass is 16.4. The fourth-order valence-corrected chi connectivity index (χ4v) is 1.67. The highest BCUT2D eigenvalue weighted by molar-refractivity contribution is 5.83. The summed E-state index contributed by atoms with van der Waals surface area (Å²) in [5.41, 5.74) is 5.63. The first kappa shape index (κ1) is 14.5. The minimum absolute atomic E-state index is 0.131. The fourth-order valence-electron chi connectivity index (χ4n) is 1.67. The molecule has 1 aromatic heterocycles. The number of nitrogens with zero attached hydrogens (tertiary/aromatic N) is 3. The molecule has 0 radical (unpaired) electrons. The highest BCUT2D eigenvalue weighted by Gasteiger charge is 2.16. The van der Waals surface area contributed by atoms with Gasteiger partial charge in [0.05, 0.1) is 6.54 Å². The Kier molecular flexibility index (Phi) is 4.17. The zero-order valence-corrected chi connectivity index (χ0v) is 11.4. The van der Waals surface area contributed by atoms with E-state index >= 15 is 0 Å². The summed E-state index contributed by atoms with van der Waals surface area (Å²) in [7, 11) is 1.41. The molecule has 0 aliphatic carbocycles. The SMILES string of the molecule is CN(CC(N)=O)C(=O)Cn1nc(-c2ccccc2)oc1=O. The molecule has 0 aliphatic heterocycles. The third-order valence-electron chi connectivity index (χ3n) is 2.73. The standard InChI is InChI=1S/C13H14N4O4/c1-16(7-10(14)18)11(19)8-17-13(20)21-12(15-17)9-5-3-2-4-6-9/h2-6H,7-8H2,1H3,(H2,14,18). The number of hydrogen-bond donors (Lipinski definition) is 1. The van der Waals surface area contributed by atoms with E-state index in [1.165, 1.54) is 7.05 Å². The van der Waals surface area contributed by atoms with Gasteiger partial charge in [-0.25, -0.2) is 4.79 Å². The molecule has 8 nitrogen and oxygen atoms in total. The van der Waals surface area contributed by atoms with Gasteiger partial charge in [-0.05, 0) is 12.1 Å². The van der Waals surface area contributed by atoms with Gasteiger partial charge in [0.15, 0.2) is 0 Å². The third kappa shape index (κ3) is 3.56. The highest BCUT2D eigenvalue weighted by Crippen LogP contribution is 2.13. The molecule has 0 spiro atoms. The number of aromatic nitrogens is 2. The van der Waals surface area contributed by atoms with E-state index in [9.17, 15) is 14.4 Å². The van der Waals surface area contributed by atoms with Crippen LogP contribution in [0.15, 0.2) is 39.5 Å². The molecule has 0 unspecified atom stereocenters. The summed E-state index contributed by atoms with van der Waals surface area (Å²) in [5, 5.41) is 3.96. The number of carbonyl (C=O) groups is 2. The van der Waals surface area contributed by atoms with Crippen molar-refractivity contribution in [3.63, 3.8) is 0 Å². The second kappa shape index (κ2) is 6.04. The van der Waals surface area contributed by atoms with Gasteiger partial charge in [0.2, 0.25) is 17.7 Å². The van der Waals surface area contributed by atoms with Crippen molar-refractivity contribution in [3.8, 4) is 11.5 Å². The number of rotatable bonds is 5. The zero-order chi connectivity index (χ0) is 15.4. The Morgan fingerprint density at radius 2 is 2.00 bits per heavy atom. The summed E-state index contributed by atoms with van der Waals surface area (Å²) in [6.45, 7) is -0.546. The quantitative estimate of drug-likeness (QED) is 0.794. The van der Waals surface area contributed by atoms with Crippen molar-refractivity contribution >= 4 is 11.8 Å². The molecule has 0 saturated carbocycles. The number of benzene rings is 1. The van der Waals surface area contributed by atoms with Crippen LogP contribution in [0.1, 0.15) is 0 Å². The van der Waals surface area contributed by atoms with Crippen molar-refractivity contribution < 1.29 is 14.0 Å². The summed E-state index contributed by atoms with van der Waals surface area (Å²) in [5.74, 6) is -1.72. The van der Waals surface area contributed by atoms with Crippen LogP contribution in [0, 0.1) is 0 Å². The van der Waals surface area contributed by atoms with Crippen LogP contribution in [0.3, 0.4) is 0 Å². The van der Waals surface area contributed by atoms with Crippen LogP contribution >= 0.6 is 0 Å². The maximum atomic E-state index is 11.8. The van der Waals surface area contributed by atoms with E-state index in [4.69, 9.17) is 10.2 Å². The third-order valence-corrected chi connectivity index (χ3v) is 2.73. The van der Waals surface area contributed by atoms with Crippen molar-refractivity contribution in [3.05, 3.63) is 40.9 Å². The number of hydrogen-bond acceptors (Lipinski definition) is 5. The number of likely N-dealkylation sites (N-methyl/N-ethyl adjacent to an activating group) is 1. The van der Waals surface area contributed by atoms with Crippen LogP contribution in [-0.4, -0.2) is 40.1 Å². The monoisotopic (exact) mass is 290 g/mol. The number of primary amides is 1. The van der Waals surface area contributed by atoms with Crippen LogP contribution in [0.4, 0.5) is 0 Å². The molecule has 21 heavy (non-hydrogen) atoms. The average molecular weight is 290 g/mol. The Labute approximate surface area is 119 Å². The van der Waals surface area contributed by atoms with Crippen molar-refractivity contribution in [2.45, 2.75) is 6.54 Å². The Morgan fingerprint density at radius 1 is 1.33 bits per heavy atom. The van der Waals surface area contributed by atoms with Gasteiger partial charge in [0, 0.05) is 12.6 Å². The second-order valence-corrected chi connectivity index (χ2v) is 4.41. The van der Waals surface area contributed by atoms with E-state index in [1.807, 2.05) is 6.07 Å². The topological polar surface area (TPSA) is 111 Å². The van der Waals surface area contributed by atoms with Crippen molar-refractivity contribution in [1.29, 1.82) is 0 Å². The van der Waals surface area contributed by atoms with E-state index in [0.717, 1.165) is 9.58 Å². The van der Waals surface area contributed by atoms with E-state index in [0.29, 0.717) is 5.56 Å². The van der Waals surface area contributed by atoms with Crippen LogP contribution in [0.25, 0.3) is 11.5 Å². The van der Waals surface area contributed by atoms with Crippen LogP contribution in [0.5, 0.6) is 0 Å². The summed E-state index contributed by atoms with van der Waals surface area (Å²) < 4.78 is 5.90. The second-order valence-electron chi connectivity index (χ2n) is 4.41. The molecule has 8 heteroatoms. The smallest absolute Gasteiger partial charge is 0.388 e. The van der Waals surface area contributed by atoms with Gasteiger partial charge >= 0.3 is 5.76 Å². The molecule has 2 aromatic rings. The number of carbonyl (C=O) groups excluding carboxylic acids is 2. The first-order valence-electron chi connectivity index (χ1n) is 6.13. The number of amides is 2. The summed E-state index contributed by atoms with van der Waals surface area (Å²) in [6.07, 6.45) is 0. The Hall–Kier alpha value is -2.90. The van der Waals surface area contributed by atoms with E-state index in [2.05, 4.69) is 5.10 Å². The summed E-state index contributed by atoms with van der Waals surface area (Å²) in [6, 6.07) is 8.84. The van der Waals surface area contributed by atoms with E-state index < -0.39 is 17.6 Å². The van der Waals surface area contributed by atoms with Gasteiger partial charge in [-0.2, -0.15) is 4.68 Å². The van der Waals surface area contributed by atoms with Gasteiger partial charge in [-0.15, -0.1) is 5.10 Å². The fraction of sp³-hybridized carbons (Fsp3) is 0.231. The molecule has 0 saturated heterocycles. The molecule has 1 aromatic carbocycles. The van der Waals surface area contributed by atoms with Crippen molar-refractivity contribution in [2.75, 3.05) is 13.6 Å². The first-order chi connectivity index (χ1) is 9.97. The van der Waals surface area contributed by atoms with Gasteiger partial charge in [-0.3, -0.25) is 9.59 Å². The maximum absolute atomic E-state index is 11.8. The lowest BCUT2D eigenvalue weighted by Gasteiger charge is -2.13. The van der Waals surface area contributed by atoms with E-state index in [-0.39, 0.29) is 19.0 Å². The van der Waals surface area contributed by atoms with Gasteiger partial charge < -0.3 is 15.1 Å². The summed E-state index contributed by atoms with van der Waals surface area (Å²) in [4.78, 5) is 35.4. The normalized spacial score (nSPS) is 10.3. The molecule has 0 atom stereocenters. The molecule has 0 aliphatic rings. The lowest BCUT2D eigenvalue weighted by molar-refractivity contribution is -0.134. The van der Waals surface area contributed by atoms with Gasteiger partial charge in [-0.1, -0.05) is 18.2 Å². The lowest BCUT2D eigenvalue weighted by Crippen LogP contribution is -2.38. The molecular formula is C13H14N4O4. The molecule has 2 N–H and O–H groups in total.